The summed E-state index contributed by atoms with van der Waals surface area (Å²) in [5.74, 6) is 2.05. The largest absolute Gasteiger partial charge is 0.493 e. The first-order chi connectivity index (χ1) is 9.70. The number of hydrogen-bond donors (Lipinski definition) is 1. The second kappa shape index (κ2) is 6.91. The summed E-state index contributed by atoms with van der Waals surface area (Å²) in [5.41, 5.74) is 6.19. The molecule has 0 fully saturated rings. The van der Waals surface area contributed by atoms with Gasteiger partial charge in [-0.3, -0.25) is 0 Å². The van der Waals surface area contributed by atoms with Gasteiger partial charge in [0, 0.05) is 6.07 Å². The van der Waals surface area contributed by atoms with Gasteiger partial charge in [-0.05, 0) is 24.3 Å². The molecule has 0 aliphatic carbocycles. The molecule has 0 aliphatic rings. The third-order valence-corrected chi connectivity index (χ3v) is 2.99. The lowest BCUT2D eigenvalue weighted by atomic mass is 10.3. The Kier molecular flexibility index (Phi) is 4.96. The molecule has 2 N–H and O–H groups in total. The van der Waals surface area contributed by atoms with E-state index in [0.717, 1.165) is 0 Å². The number of nitrogen functional groups attached to an aromatic ring is 1. The topological polar surface area (TPSA) is 53.7 Å². The molecule has 0 spiro atoms. The molecule has 20 heavy (non-hydrogen) atoms. The van der Waals surface area contributed by atoms with Crippen LogP contribution >= 0.6 is 11.6 Å². The maximum atomic E-state index is 5.84. The molecule has 0 saturated heterocycles. The van der Waals surface area contributed by atoms with E-state index in [1.165, 1.54) is 0 Å². The van der Waals surface area contributed by atoms with Crippen LogP contribution in [0.5, 0.6) is 17.2 Å². The molecule has 0 heterocycles. The molecular weight excluding hydrogens is 278 g/mol. The number of halogens is 1. The summed E-state index contributed by atoms with van der Waals surface area (Å²) in [7, 11) is 1.61. The minimum absolute atomic E-state index is 0.402. The standard InChI is InChI=1S/C15H16ClNO3/c1-18-14-4-2-3-5-15(14)20-9-8-19-11-6-7-12(16)13(17)10-11/h2-7,10H,8-9,17H2,1H3. The van der Waals surface area contributed by atoms with Crippen molar-refractivity contribution in [3.8, 4) is 17.2 Å². The Hall–Kier alpha value is -2.07. The van der Waals surface area contributed by atoms with E-state index in [1.54, 1.807) is 25.3 Å². The van der Waals surface area contributed by atoms with Crippen molar-refractivity contribution in [2.75, 3.05) is 26.1 Å². The normalized spacial score (nSPS) is 10.1. The van der Waals surface area contributed by atoms with Gasteiger partial charge in [0.1, 0.15) is 19.0 Å². The van der Waals surface area contributed by atoms with E-state index in [9.17, 15) is 0 Å². The van der Waals surface area contributed by atoms with Crippen LogP contribution < -0.4 is 19.9 Å². The summed E-state index contributed by atoms with van der Waals surface area (Å²) in [4.78, 5) is 0. The lowest BCUT2D eigenvalue weighted by Crippen LogP contribution is -2.09. The van der Waals surface area contributed by atoms with Crippen LogP contribution in [0.2, 0.25) is 5.02 Å². The number of hydrogen-bond acceptors (Lipinski definition) is 4. The van der Waals surface area contributed by atoms with E-state index in [0.29, 0.717) is 41.2 Å². The molecule has 0 saturated carbocycles. The quantitative estimate of drug-likeness (QED) is 0.655. The fourth-order valence-electron chi connectivity index (χ4n) is 1.66. The first-order valence-corrected chi connectivity index (χ1v) is 6.52. The van der Waals surface area contributed by atoms with Crippen molar-refractivity contribution in [3.05, 3.63) is 47.5 Å². The zero-order chi connectivity index (χ0) is 14.4. The number of nitrogens with two attached hydrogens (primary N) is 1. The van der Waals surface area contributed by atoms with Crippen LogP contribution in [0.3, 0.4) is 0 Å². The fourth-order valence-corrected chi connectivity index (χ4v) is 1.78. The average molecular weight is 294 g/mol. The Balaban J connectivity index is 1.83. The summed E-state index contributed by atoms with van der Waals surface area (Å²) in [6, 6.07) is 12.6. The van der Waals surface area contributed by atoms with Crippen LogP contribution in [-0.2, 0) is 0 Å². The molecule has 0 amide bonds. The van der Waals surface area contributed by atoms with Gasteiger partial charge in [0.2, 0.25) is 0 Å². The molecule has 0 bridgehead atoms. The molecule has 5 heteroatoms. The van der Waals surface area contributed by atoms with Gasteiger partial charge in [0.25, 0.3) is 0 Å². The molecule has 0 atom stereocenters. The van der Waals surface area contributed by atoms with Crippen LogP contribution in [0.15, 0.2) is 42.5 Å². The third-order valence-electron chi connectivity index (χ3n) is 2.65. The van der Waals surface area contributed by atoms with Gasteiger partial charge < -0.3 is 19.9 Å². The van der Waals surface area contributed by atoms with Gasteiger partial charge in [-0.15, -0.1) is 0 Å². The van der Waals surface area contributed by atoms with Crippen molar-refractivity contribution < 1.29 is 14.2 Å². The zero-order valence-electron chi connectivity index (χ0n) is 11.1. The average Bonchev–Trinajstić information content (AvgIpc) is 2.47. The predicted octanol–water partition coefficient (Wildman–Crippen LogP) is 3.39. The van der Waals surface area contributed by atoms with Crippen LogP contribution in [0.25, 0.3) is 0 Å². The Morgan fingerprint density at radius 2 is 1.70 bits per heavy atom. The third kappa shape index (κ3) is 3.71. The predicted molar refractivity (Wildman–Crippen MR) is 79.8 cm³/mol. The van der Waals surface area contributed by atoms with E-state index in [4.69, 9.17) is 31.5 Å². The monoisotopic (exact) mass is 293 g/mol. The van der Waals surface area contributed by atoms with E-state index in [-0.39, 0.29) is 0 Å². The van der Waals surface area contributed by atoms with Crippen molar-refractivity contribution in [3.63, 3.8) is 0 Å². The first kappa shape index (κ1) is 14.3. The zero-order valence-corrected chi connectivity index (χ0v) is 11.9. The highest BCUT2D eigenvalue weighted by atomic mass is 35.5. The van der Waals surface area contributed by atoms with Crippen molar-refractivity contribution in [2.24, 2.45) is 0 Å². The van der Waals surface area contributed by atoms with Crippen molar-refractivity contribution in [1.82, 2.24) is 0 Å². The molecule has 106 valence electrons. The van der Waals surface area contributed by atoms with Crippen molar-refractivity contribution in [2.45, 2.75) is 0 Å². The summed E-state index contributed by atoms with van der Waals surface area (Å²) in [6.45, 7) is 0.808. The Labute approximate surface area is 123 Å². The maximum absolute atomic E-state index is 5.84. The molecule has 2 aromatic rings. The Morgan fingerprint density at radius 3 is 2.40 bits per heavy atom. The van der Waals surface area contributed by atoms with Gasteiger partial charge >= 0.3 is 0 Å². The summed E-state index contributed by atoms with van der Waals surface area (Å²) in [6.07, 6.45) is 0. The highest BCUT2D eigenvalue weighted by molar-refractivity contribution is 6.33. The van der Waals surface area contributed by atoms with Gasteiger partial charge in [0.05, 0.1) is 17.8 Å². The van der Waals surface area contributed by atoms with Gasteiger partial charge in [-0.2, -0.15) is 0 Å². The lowest BCUT2D eigenvalue weighted by Gasteiger charge is -2.11. The minimum atomic E-state index is 0.402. The Bertz CT molecular complexity index is 575. The van der Waals surface area contributed by atoms with Crippen LogP contribution in [0.1, 0.15) is 0 Å². The minimum Gasteiger partial charge on any atom is -0.493 e. The van der Waals surface area contributed by atoms with Gasteiger partial charge in [-0.25, -0.2) is 0 Å². The molecule has 4 nitrogen and oxygen atoms in total. The van der Waals surface area contributed by atoms with Crippen LogP contribution in [0, 0.1) is 0 Å². The number of benzene rings is 2. The molecular formula is C15H16ClNO3. The molecule has 2 rings (SSSR count). The van der Waals surface area contributed by atoms with Crippen LogP contribution in [-0.4, -0.2) is 20.3 Å². The molecule has 0 aliphatic heterocycles. The highest BCUT2D eigenvalue weighted by Crippen LogP contribution is 2.26. The highest BCUT2D eigenvalue weighted by Gasteiger charge is 2.03. The second-order valence-corrected chi connectivity index (χ2v) is 4.44. The maximum Gasteiger partial charge on any atom is 0.161 e. The smallest absolute Gasteiger partial charge is 0.161 e. The first-order valence-electron chi connectivity index (χ1n) is 6.14. The van der Waals surface area contributed by atoms with E-state index in [1.807, 2.05) is 24.3 Å². The fraction of sp³-hybridized carbons (Fsp3) is 0.200. The van der Waals surface area contributed by atoms with Crippen LogP contribution in [0.4, 0.5) is 5.69 Å². The van der Waals surface area contributed by atoms with Crippen molar-refractivity contribution >= 4 is 17.3 Å². The van der Waals surface area contributed by atoms with E-state index < -0.39 is 0 Å². The van der Waals surface area contributed by atoms with Crippen molar-refractivity contribution in [1.29, 1.82) is 0 Å². The number of rotatable bonds is 6. The second-order valence-electron chi connectivity index (χ2n) is 4.03. The van der Waals surface area contributed by atoms with E-state index in [2.05, 4.69) is 0 Å². The van der Waals surface area contributed by atoms with E-state index >= 15 is 0 Å². The van der Waals surface area contributed by atoms with Gasteiger partial charge in [-0.1, -0.05) is 23.7 Å². The summed E-state index contributed by atoms with van der Waals surface area (Å²) in [5, 5.41) is 0.516. The number of methoxy groups -OCH3 is 1. The van der Waals surface area contributed by atoms with Gasteiger partial charge in [0.15, 0.2) is 11.5 Å². The molecule has 0 aromatic heterocycles. The number of anilines is 1. The number of para-hydroxylation sites is 2. The summed E-state index contributed by atoms with van der Waals surface area (Å²) < 4.78 is 16.3. The molecule has 0 unspecified atom stereocenters. The molecule has 0 radical (unpaired) electrons. The molecule has 2 aromatic carbocycles. The number of ether oxygens (including phenoxy) is 3. The SMILES string of the molecule is COc1ccccc1OCCOc1ccc(Cl)c(N)c1. The summed E-state index contributed by atoms with van der Waals surface area (Å²) >= 11 is 5.84. The lowest BCUT2D eigenvalue weighted by molar-refractivity contribution is 0.211. The Morgan fingerprint density at radius 1 is 1.00 bits per heavy atom.